The molecule has 3 rings (SSSR count). The topological polar surface area (TPSA) is 87.6 Å². The van der Waals surface area contributed by atoms with Crippen LogP contribution >= 0.6 is 0 Å². The van der Waals surface area contributed by atoms with Crippen LogP contribution in [0.25, 0.3) is 0 Å². The molecule has 2 aliphatic rings. The van der Waals surface area contributed by atoms with Crippen molar-refractivity contribution in [2.75, 3.05) is 19.6 Å². The second-order valence-electron chi connectivity index (χ2n) is 6.12. The molecule has 2 bridgehead atoms. The Kier molecular flexibility index (Phi) is 5.63. The molecule has 3 atom stereocenters. The van der Waals surface area contributed by atoms with Crippen LogP contribution < -0.4 is 16.0 Å². The van der Waals surface area contributed by atoms with E-state index in [9.17, 15) is 4.79 Å². The number of nitrogens with one attached hydrogen (secondary N) is 3. The number of carbonyl (C=O) groups excluding carboxylic acids is 1. The molecule has 3 N–H and O–H groups in total. The fourth-order valence-electron chi connectivity index (χ4n) is 3.22. The Morgan fingerprint density at radius 2 is 2.33 bits per heavy atom. The van der Waals surface area contributed by atoms with E-state index in [2.05, 4.69) is 25.9 Å². The monoisotopic (exact) mass is 331 g/mol. The standard InChI is InChI=1S/C17H25N5O2/c1-2-19-17(22-14-10-13-5-6-15(14)24-13)21-9-8-20-16(23)12-4-3-7-18-11-12/h3-4,7,11,13-15H,2,5-6,8-10H2,1H3,(H,20,23)(H2,19,21,22). The number of guanidine groups is 1. The van der Waals surface area contributed by atoms with Gasteiger partial charge < -0.3 is 20.7 Å². The van der Waals surface area contributed by atoms with Crippen LogP contribution in [0, 0.1) is 0 Å². The summed E-state index contributed by atoms with van der Waals surface area (Å²) >= 11 is 0. The van der Waals surface area contributed by atoms with Crippen molar-refractivity contribution in [2.24, 2.45) is 4.99 Å². The Labute approximate surface area is 142 Å². The highest BCUT2D eigenvalue weighted by molar-refractivity contribution is 5.93. The van der Waals surface area contributed by atoms with Gasteiger partial charge in [0.1, 0.15) is 0 Å². The molecule has 0 saturated carbocycles. The number of hydrogen-bond donors (Lipinski definition) is 3. The lowest BCUT2D eigenvalue weighted by atomic mass is 9.96. The van der Waals surface area contributed by atoms with Crippen LogP contribution in [0.3, 0.4) is 0 Å². The molecular formula is C17H25N5O2. The third kappa shape index (κ3) is 4.23. The zero-order chi connectivity index (χ0) is 16.8. The van der Waals surface area contributed by atoms with Gasteiger partial charge in [-0.1, -0.05) is 0 Å². The molecule has 1 aromatic rings. The van der Waals surface area contributed by atoms with Crippen LogP contribution in [-0.4, -0.2) is 54.7 Å². The molecule has 24 heavy (non-hydrogen) atoms. The summed E-state index contributed by atoms with van der Waals surface area (Å²) in [7, 11) is 0. The minimum atomic E-state index is -0.127. The Hall–Kier alpha value is -2.15. The van der Waals surface area contributed by atoms with Crippen LogP contribution in [0.4, 0.5) is 0 Å². The first-order valence-electron chi connectivity index (χ1n) is 8.64. The maximum Gasteiger partial charge on any atom is 0.252 e. The Balaban J connectivity index is 1.45. The average Bonchev–Trinajstić information content (AvgIpc) is 3.22. The molecule has 3 heterocycles. The van der Waals surface area contributed by atoms with Crippen molar-refractivity contribution in [1.82, 2.24) is 20.9 Å². The summed E-state index contributed by atoms with van der Waals surface area (Å²) in [6.45, 7) is 3.84. The molecule has 7 nitrogen and oxygen atoms in total. The lowest BCUT2D eigenvalue weighted by Crippen LogP contribution is -2.47. The quantitative estimate of drug-likeness (QED) is 0.405. The molecule has 3 unspecified atom stereocenters. The van der Waals surface area contributed by atoms with Crippen LogP contribution in [0.5, 0.6) is 0 Å². The third-order valence-corrected chi connectivity index (χ3v) is 4.36. The van der Waals surface area contributed by atoms with E-state index in [1.807, 2.05) is 6.92 Å². The molecule has 0 radical (unpaired) electrons. The number of nitrogens with zero attached hydrogens (tertiary/aromatic N) is 2. The zero-order valence-electron chi connectivity index (χ0n) is 14.0. The van der Waals surface area contributed by atoms with Crippen LogP contribution in [-0.2, 0) is 4.74 Å². The summed E-state index contributed by atoms with van der Waals surface area (Å²) in [4.78, 5) is 20.4. The van der Waals surface area contributed by atoms with Crippen LogP contribution in [0.2, 0.25) is 0 Å². The molecule has 0 spiro atoms. The predicted molar refractivity (Wildman–Crippen MR) is 92.0 cm³/mol. The zero-order valence-corrected chi connectivity index (χ0v) is 14.0. The van der Waals surface area contributed by atoms with Gasteiger partial charge in [0.2, 0.25) is 0 Å². The smallest absolute Gasteiger partial charge is 0.252 e. The first-order valence-corrected chi connectivity index (χ1v) is 8.64. The third-order valence-electron chi connectivity index (χ3n) is 4.36. The largest absolute Gasteiger partial charge is 0.373 e. The number of carbonyl (C=O) groups is 1. The molecule has 0 aromatic carbocycles. The van der Waals surface area contributed by atoms with Crippen molar-refractivity contribution in [1.29, 1.82) is 0 Å². The van der Waals surface area contributed by atoms with Crippen molar-refractivity contribution in [2.45, 2.75) is 44.4 Å². The maximum atomic E-state index is 11.9. The number of amides is 1. The normalized spacial score (nSPS) is 25.5. The van der Waals surface area contributed by atoms with E-state index >= 15 is 0 Å². The van der Waals surface area contributed by atoms with Crippen LogP contribution in [0.1, 0.15) is 36.5 Å². The highest BCUT2D eigenvalue weighted by Crippen LogP contribution is 2.34. The fourth-order valence-corrected chi connectivity index (χ4v) is 3.22. The van der Waals surface area contributed by atoms with Gasteiger partial charge in [-0.25, -0.2) is 0 Å². The summed E-state index contributed by atoms with van der Waals surface area (Å²) < 4.78 is 5.86. The molecule has 2 aliphatic heterocycles. The van der Waals surface area contributed by atoms with Crippen molar-refractivity contribution in [3.05, 3.63) is 30.1 Å². The second kappa shape index (κ2) is 8.10. The van der Waals surface area contributed by atoms with Crippen molar-refractivity contribution < 1.29 is 9.53 Å². The van der Waals surface area contributed by atoms with Crippen molar-refractivity contribution in [3.8, 4) is 0 Å². The molecular weight excluding hydrogens is 306 g/mol. The summed E-state index contributed by atoms with van der Waals surface area (Å²) in [6.07, 6.45) is 7.28. The average molecular weight is 331 g/mol. The van der Waals surface area contributed by atoms with Crippen LogP contribution in [0.15, 0.2) is 29.5 Å². The fraction of sp³-hybridized carbons (Fsp3) is 0.588. The van der Waals surface area contributed by atoms with Crippen molar-refractivity contribution in [3.63, 3.8) is 0 Å². The number of aromatic nitrogens is 1. The first kappa shape index (κ1) is 16.7. The predicted octanol–water partition coefficient (Wildman–Crippen LogP) is 0.686. The minimum Gasteiger partial charge on any atom is -0.373 e. The summed E-state index contributed by atoms with van der Waals surface area (Å²) in [5.41, 5.74) is 0.561. The maximum absolute atomic E-state index is 11.9. The van der Waals surface area contributed by atoms with Gasteiger partial charge in [-0.2, -0.15) is 0 Å². The number of hydrogen-bond acceptors (Lipinski definition) is 4. The minimum absolute atomic E-state index is 0.127. The highest BCUT2D eigenvalue weighted by atomic mass is 16.5. The molecule has 7 heteroatoms. The molecule has 0 aliphatic carbocycles. The van der Waals surface area contributed by atoms with Gasteiger partial charge in [0.25, 0.3) is 5.91 Å². The van der Waals surface area contributed by atoms with Gasteiger partial charge in [-0.15, -0.1) is 0 Å². The summed E-state index contributed by atoms with van der Waals surface area (Å²) in [5.74, 6) is 0.659. The molecule has 1 amide bonds. The summed E-state index contributed by atoms with van der Waals surface area (Å²) in [5, 5.41) is 9.56. The van der Waals surface area contributed by atoms with Crippen molar-refractivity contribution >= 4 is 11.9 Å². The van der Waals surface area contributed by atoms with Gasteiger partial charge >= 0.3 is 0 Å². The second-order valence-corrected chi connectivity index (χ2v) is 6.12. The lowest BCUT2D eigenvalue weighted by Gasteiger charge is -2.22. The SMILES string of the molecule is CCNC(=NCCNC(=O)c1cccnc1)NC1CC2CCC1O2. The van der Waals surface area contributed by atoms with Gasteiger partial charge in [0.15, 0.2) is 5.96 Å². The molecule has 1 aromatic heterocycles. The van der Waals surface area contributed by atoms with Gasteiger partial charge in [-0.05, 0) is 38.3 Å². The molecule has 2 saturated heterocycles. The van der Waals surface area contributed by atoms with Gasteiger partial charge in [0, 0.05) is 25.5 Å². The van der Waals surface area contributed by atoms with E-state index < -0.39 is 0 Å². The summed E-state index contributed by atoms with van der Waals surface area (Å²) in [6, 6.07) is 3.83. The number of pyridine rings is 1. The molecule has 130 valence electrons. The lowest BCUT2D eigenvalue weighted by molar-refractivity contribution is 0.0954. The molecule has 2 fully saturated rings. The Bertz CT molecular complexity index is 578. The Morgan fingerprint density at radius 3 is 3.00 bits per heavy atom. The number of ether oxygens (including phenoxy) is 1. The Morgan fingerprint density at radius 1 is 1.42 bits per heavy atom. The van der Waals surface area contributed by atoms with E-state index in [0.29, 0.717) is 36.9 Å². The van der Waals surface area contributed by atoms with Gasteiger partial charge in [-0.3, -0.25) is 14.8 Å². The van der Waals surface area contributed by atoms with Gasteiger partial charge in [0.05, 0.1) is 30.4 Å². The number of aliphatic imine (C=N–C) groups is 1. The van der Waals surface area contributed by atoms with E-state index in [1.54, 1.807) is 24.5 Å². The van der Waals surface area contributed by atoms with E-state index in [4.69, 9.17) is 4.74 Å². The number of fused-ring (bicyclic) bond motifs is 2. The van der Waals surface area contributed by atoms with E-state index in [0.717, 1.165) is 25.3 Å². The van der Waals surface area contributed by atoms with E-state index in [-0.39, 0.29) is 5.91 Å². The highest BCUT2D eigenvalue weighted by Gasteiger charge is 2.41. The van der Waals surface area contributed by atoms with E-state index in [1.165, 1.54) is 6.42 Å². The first-order chi connectivity index (χ1) is 11.8. The number of rotatable bonds is 6.